The van der Waals surface area contributed by atoms with Gasteiger partial charge in [-0.2, -0.15) is 0 Å². The van der Waals surface area contributed by atoms with Crippen LogP contribution in [0.4, 0.5) is 0 Å². The molecule has 1 rings (SSSR count). The van der Waals surface area contributed by atoms with Crippen molar-refractivity contribution in [3.05, 3.63) is 27.7 Å². The van der Waals surface area contributed by atoms with Crippen molar-refractivity contribution >= 4 is 37.6 Å². The Kier molecular flexibility index (Phi) is 6.07. The Morgan fingerprint density at radius 1 is 1.44 bits per heavy atom. The minimum absolute atomic E-state index is 0.138. The lowest BCUT2D eigenvalue weighted by molar-refractivity contribution is 0.458. The van der Waals surface area contributed by atoms with E-state index in [2.05, 4.69) is 21.2 Å². The average molecular weight is 356 g/mol. The van der Waals surface area contributed by atoms with Crippen molar-refractivity contribution in [2.24, 2.45) is 0 Å². The lowest BCUT2D eigenvalue weighted by Crippen LogP contribution is -2.29. The highest BCUT2D eigenvalue weighted by Gasteiger charge is 2.23. The zero-order valence-electron chi connectivity index (χ0n) is 10.3. The molecule has 0 aromatic heterocycles. The van der Waals surface area contributed by atoms with Crippen molar-refractivity contribution in [2.45, 2.75) is 11.3 Å². The summed E-state index contributed by atoms with van der Waals surface area (Å²) in [5, 5.41) is 3.21. The van der Waals surface area contributed by atoms with E-state index in [0.29, 0.717) is 6.54 Å². The second-order valence-corrected chi connectivity index (χ2v) is 7.19. The molecule has 0 saturated carbocycles. The van der Waals surface area contributed by atoms with E-state index in [1.54, 1.807) is 19.2 Å². The van der Waals surface area contributed by atoms with Crippen LogP contribution < -0.4 is 5.32 Å². The quantitative estimate of drug-likeness (QED) is 0.797. The molecule has 18 heavy (non-hydrogen) atoms. The van der Waals surface area contributed by atoms with Crippen LogP contribution in [-0.4, -0.2) is 39.9 Å². The van der Waals surface area contributed by atoms with Gasteiger partial charge in [0.15, 0.2) is 0 Å². The fourth-order valence-corrected chi connectivity index (χ4v) is 3.67. The summed E-state index contributed by atoms with van der Waals surface area (Å²) in [6.07, 6.45) is 0.750. The smallest absolute Gasteiger partial charge is 0.244 e. The first kappa shape index (κ1) is 15.9. The maximum atomic E-state index is 12.3. The van der Waals surface area contributed by atoms with Crippen LogP contribution in [0.5, 0.6) is 0 Å². The summed E-state index contributed by atoms with van der Waals surface area (Å²) in [7, 11) is -0.122. The van der Waals surface area contributed by atoms with Crippen LogP contribution >= 0.6 is 27.5 Å². The normalized spacial score (nSPS) is 12.1. The Bertz CT molecular complexity index is 508. The molecule has 0 saturated heterocycles. The van der Waals surface area contributed by atoms with Gasteiger partial charge in [-0.05, 0) is 38.2 Å². The van der Waals surface area contributed by atoms with Gasteiger partial charge in [0, 0.05) is 18.1 Å². The molecule has 0 heterocycles. The molecule has 0 amide bonds. The van der Waals surface area contributed by atoms with E-state index < -0.39 is 10.0 Å². The molecule has 0 fully saturated rings. The fourth-order valence-electron chi connectivity index (χ4n) is 1.45. The standard InChI is InChI=1S/C11H16BrClN2O2S/c1-14-6-3-7-15(2)18(16,17)11-5-4-9(12)8-10(11)13/h4-5,8,14H,3,6-7H2,1-2H3. The Labute approximate surface area is 121 Å². The first-order valence-corrected chi connectivity index (χ1v) is 8.06. The van der Waals surface area contributed by atoms with E-state index in [4.69, 9.17) is 11.6 Å². The Hall–Kier alpha value is -0.140. The monoisotopic (exact) mass is 354 g/mol. The Morgan fingerprint density at radius 3 is 2.67 bits per heavy atom. The van der Waals surface area contributed by atoms with Crippen LogP contribution in [0.1, 0.15) is 6.42 Å². The van der Waals surface area contributed by atoms with Gasteiger partial charge in [0.25, 0.3) is 0 Å². The van der Waals surface area contributed by atoms with E-state index in [1.807, 2.05) is 7.05 Å². The summed E-state index contributed by atoms with van der Waals surface area (Å²) < 4.78 is 26.6. The van der Waals surface area contributed by atoms with Gasteiger partial charge in [-0.3, -0.25) is 0 Å². The third-order valence-electron chi connectivity index (χ3n) is 2.48. The first-order valence-electron chi connectivity index (χ1n) is 5.45. The Balaban J connectivity index is 2.91. The van der Waals surface area contributed by atoms with Crippen LogP contribution in [0.25, 0.3) is 0 Å². The molecule has 7 heteroatoms. The molecule has 102 valence electrons. The lowest BCUT2D eigenvalue weighted by Gasteiger charge is -2.18. The third-order valence-corrected chi connectivity index (χ3v) is 5.31. The molecule has 4 nitrogen and oxygen atoms in total. The summed E-state index contributed by atoms with van der Waals surface area (Å²) in [5.41, 5.74) is 0. The van der Waals surface area contributed by atoms with E-state index in [9.17, 15) is 8.42 Å². The molecule has 0 aliphatic rings. The highest BCUT2D eigenvalue weighted by Crippen LogP contribution is 2.27. The second-order valence-electron chi connectivity index (χ2n) is 3.86. The Morgan fingerprint density at radius 2 is 2.11 bits per heavy atom. The second kappa shape index (κ2) is 6.86. The molecule has 0 atom stereocenters. The van der Waals surface area contributed by atoms with E-state index in [1.165, 1.54) is 10.4 Å². The zero-order chi connectivity index (χ0) is 13.8. The van der Waals surface area contributed by atoms with Gasteiger partial charge < -0.3 is 5.32 Å². The number of nitrogens with one attached hydrogen (secondary N) is 1. The molecular weight excluding hydrogens is 340 g/mol. The lowest BCUT2D eigenvalue weighted by atomic mass is 10.4. The summed E-state index contributed by atoms with van der Waals surface area (Å²) in [6, 6.07) is 4.76. The van der Waals surface area contributed by atoms with Crippen molar-refractivity contribution in [3.8, 4) is 0 Å². The number of sulfonamides is 1. The summed E-state index contributed by atoms with van der Waals surface area (Å²) in [5.74, 6) is 0. The van der Waals surface area contributed by atoms with Crippen LogP contribution in [0, 0.1) is 0 Å². The van der Waals surface area contributed by atoms with Crippen molar-refractivity contribution in [1.82, 2.24) is 9.62 Å². The van der Waals surface area contributed by atoms with Crippen molar-refractivity contribution in [3.63, 3.8) is 0 Å². The summed E-state index contributed by atoms with van der Waals surface area (Å²) in [4.78, 5) is 0.138. The molecule has 0 radical (unpaired) electrons. The third kappa shape index (κ3) is 3.93. The fraction of sp³-hybridized carbons (Fsp3) is 0.455. The molecule has 1 aromatic rings. The van der Waals surface area contributed by atoms with Crippen LogP contribution in [0.2, 0.25) is 5.02 Å². The van der Waals surface area contributed by atoms with Gasteiger partial charge >= 0.3 is 0 Å². The van der Waals surface area contributed by atoms with Crippen LogP contribution in [0.15, 0.2) is 27.6 Å². The molecule has 1 N–H and O–H groups in total. The summed E-state index contributed by atoms with van der Waals surface area (Å²) in [6.45, 7) is 1.23. The van der Waals surface area contributed by atoms with Crippen LogP contribution in [0.3, 0.4) is 0 Å². The highest BCUT2D eigenvalue weighted by atomic mass is 79.9. The first-order chi connectivity index (χ1) is 8.39. The van der Waals surface area contributed by atoms with Crippen molar-refractivity contribution in [2.75, 3.05) is 27.2 Å². The highest BCUT2D eigenvalue weighted by molar-refractivity contribution is 9.10. The maximum absolute atomic E-state index is 12.3. The number of hydrogen-bond acceptors (Lipinski definition) is 3. The topological polar surface area (TPSA) is 49.4 Å². The largest absolute Gasteiger partial charge is 0.320 e. The predicted molar refractivity (Wildman–Crippen MR) is 77.5 cm³/mol. The SMILES string of the molecule is CNCCCN(C)S(=O)(=O)c1ccc(Br)cc1Cl. The van der Waals surface area contributed by atoms with Gasteiger partial charge in [-0.1, -0.05) is 27.5 Å². The number of nitrogens with zero attached hydrogens (tertiary/aromatic N) is 1. The molecule has 0 aliphatic heterocycles. The van der Waals surface area contributed by atoms with Crippen molar-refractivity contribution in [1.29, 1.82) is 0 Å². The van der Waals surface area contributed by atoms with Crippen LogP contribution in [-0.2, 0) is 10.0 Å². The average Bonchev–Trinajstić information content (AvgIpc) is 2.28. The zero-order valence-corrected chi connectivity index (χ0v) is 13.4. The summed E-state index contributed by atoms with van der Waals surface area (Å²) >= 11 is 9.22. The van der Waals surface area contributed by atoms with Gasteiger partial charge in [0.05, 0.1) is 5.02 Å². The number of hydrogen-bond donors (Lipinski definition) is 1. The van der Waals surface area contributed by atoms with Gasteiger partial charge in [-0.25, -0.2) is 12.7 Å². The van der Waals surface area contributed by atoms with E-state index >= 15 is 0 Å². The molecule has 0 spiro atoms. The van der Waals surface area contributed by atoms with Gasteiger partial charge in [0.2, 0.25) is 10.0 Å². The van der Waals surface area contributed by atoms with E-state index in [-0.39, 0.29) is 9.92 Å². The minimum atomic E-state index is -3.51. The molecule has 0 bridgehead atoms. The molecule has 0 unspecified atom stereocenters. The predicted octanol–water partition coefficient (Wildman–Crippen LogP) is 2.33. The molecular formula is C11H16BrClN2O2S. The number of rotatable bonds is 6. The van der Waals surface area contributed by atoms with Gasteiger partial charge in [-0.15, -0.1) is 0 Å². The van der Waals surface area contributed by atoms with E-state index in [0.717, 1.165) is 17.4 Å². The minimum Gasteiger partial charge on any atom is -0.320 e. The number of halogens is 2. The van der Waals surface area contributed by atoms with Crippen molar-refractivity contribution < 1.29 is 8.42 Å². The maximum Gasteiger partial charge on any atom is 0.244 e. The number of benzene rings is 1. The molecule has 0 aliphatic carbocycles. The molecule has 1 aromatic carbocycles. The van der Waals surface area contributed by atoms with Gasteiger partial charge in [0.1, 0.15) is 4.90 Å².